The van der Waals surface area contributed by atoms with Crippen LogP contribution < -0.4 is 4.72 Å². The summed E-state index contributed by atoms with van der Waals surface area (Å²) in [6.45, 7) is 8.77. The van der Waals surface area contributed by atoms with Gasteiger partial charge in [0.25, 0.3) is 10.0 Å². The molecule has 0 bridgehead atoms. The number of furan rings is 1. The van der Waals surface area contributed by atoms with Gasteiger partial charge in [-0.05, 0) is 85.4 Å². The number of nitrogens with one attached hydrogen (secondary N) is 1. The third kappa shape index (κ3) is 3.53. The second-order valence-corrected chi connectivity index (χ2v) is 9.24. The lowest BCUT2D eigenvalue weighted by atomic mass is 10.1. The van der Waals surface area contributed by atoms with E-state index in [9.17, 15) is 13.2 Å². The maximum Gasteiger partial charge on any atom is 0.262 e. The molecule has 3 aromatic rings. The van der Waals surface area contributed by atoms with Crippen LogP contribution in [0.4, 0.5) is 5.69 Å². The van der Waals surface area contributed by atoms with Crippen molar-refractivity contribution < 1.29 is 17.6 Å². The SMILES string of the molecule is CC(=O)c1c(C)oc2c(Br)cc(NS(=O)(=O)c3cc(C)c(C)cc3C)cc12. The molecular formula is C20H20BrNO4S. The van der Waals surface area contributed by atoms with Crippen molar-refractivity contribution in [3.63, 3.8) is 0 Å². The molecule has 0 unspecified atom stereocenters. The van der Waals surface area contributed by atoms with E-state index in [-0.39, 0.29) is 10.7 Å². The predicted molar refractivity (Wildman–Crippen MR) is 110 cm³/mol. The van der Waals surface area contributed by atoms with Crippen molar-refractivity contribution in [2.45, 2.75) is 39.5 Å². The summed E-state index contributed by atoms with van der Waals surface area (Å²) in [7, 11) is -3.78. The molecular weight excluding hydrogens is 430 g/mol. The highest BCUT2D eigenvalue weighted by Crippen LogP contribution is 2.35. The maximum atomic E-state index is 12.9. The zero-order valence-electron chi connectivity index (χ0n) is 15.7. The average molecular weight is 450 g/mol. The van der Waals surface area contributed by atoms with E-state index in [0.29, 0.717) is 38.0 Å². The van der Waals surface area contributed by atoms with Crippen LogP contribution in [0.2, 0.25) is 0 Å². The zero-order chi connectivity index (χ0) is 20.1. The highest BCUT2D eigenvalue weighted by Gasteiger charge is 2.21. The molecule has 3 rings (SSSR count). The molecule has 7 heteroatoms. The van der Waals surface area contributed by atoms with Crippen LogP contribution in [0, 0.1) is 27.7 Å². The largest absolute Gasteiger partial charge is 0.459 e. The molecule has 0 aliphatic heterocycles. The van der Waals surface area contributed by atoms with E-state index in [2.05, 4.69) is 20.7 Å². The molecule has 1 N–H and O–H groups in total. The Balaban J connectivity index is 2.12. The van der Waals surface area contributed by atoms with Gasteiger partial charge in [-0.2, -0.15) is 0 Å². The number of Topliss-reactive ketones (excluding diaryl/α,β-unsaturated/α-hetero) is 1. The van der Waals surface area contributed by atoms with Crippen molar-refractivity contribution in [3.8, 4) is 0 Å². The number of hydrogen-bond acceptors (Lipinski definition) is 4. The summed E-state index contributed by atoms with van der Waals surface area (Å²) in [5, 5.41) is 0.573. The molecule has 0 saturated carbocycles. The van der Waals surface area contributed by atoms with Gasteiger partial charge in [-0.25, -0.2) is 8.42 Å². The number of anilines is 1. The van der Waals surface area contributed by atoms with Gasteiger partial charge >= 0.3 is 0 Å². The number of aryl methyl sites for hydroxylation is 4. The van der Waals surface area contributed by atoms with Crippen LogP contribution in [0.3, 0.4) is 0 Å². The van der Waals surface area contributed by atoms with Crippen molar-refractivity contribution in [2.24, 2.45) is 0 Å². The van der Waals surface area contributed by atoms with Gasteiger partial charge < -0.3 is 4.42 Å². The number of ketones is 1. The normalized spacial score (nSPS) is 11.8. The number of carbonyl (C=O) groups is 1. The van der Waals surface area contributed by atoms with Gasteiger partial charge in [-0.15, -0.1) is 0 Å². The van der Waals surface area contributed by atoms with Gasteiger partial charge in [0.05, 0.1) is 20.6 Å². The van der Waals surface area contributed by atoms with Gasteiger partial charge in [-0.1, -0.05) is 6.07 Å². The molecule has 1 heterocycles. The highest BCUT2D eigenvalue weighted by molar-refractivity contribution is 9.10. The van der Waals surface area contributed by atoms with Crippen molar-refractivity contribution in [2.75, 3.05) is 4.72 Å². The maximum absolute atomic E-state index is 12.9. The van der Waals surface area contributed by atoms with Crippen molar-refractivity contribution in [1.29, 1.82) is 0 Å². The topological polar surface area (TPSA) is 76.4 Å². The van der Waals surface area contributed by atoms with Crippen LogP contribution in [0.5, 0.6) is 0 Å². The smallest absolute Gasteiger partial charge is 0.262 e. The Morgan fingerprint density at radius 1 is 1.00 bits per heavy atom. The molecule has 1 aromatic heterocycles. The van der Waals surface area contributed by atoms with Crippen LogP contribution in [0.15, 0.2) is 38.1 Å². The molecule has 0 amide bonds. The van der Waals surface area contributed by atoms with E-state index in [1.807, 2.05) is 19.9 Å². The summed E-state index contributed by atoms with van der Waals surface area (Å²) in [5.41, 5.74) is 3.94. The first-order valence-corrected chi connectivity index (χ1v) is 10.6. The molecule has 0 saturated heterocycles. The molecule has 0 spiro atoms. The van der Waals surface area contributed by atoms with Gasteiger partial charge in [0.2, 0.25) is 0 Å². The third-order valence-electron chi connectivity index (χ3n) is 4.61. The lowest BCUT2D eigenvalue weighted by Gasteiger charge is -2.13. The Morgan fingerprint density at radius 3 is 2.26 bits per heavy atom. The van der Waals surface area contributed by atoms with E-state index in [1.54, 1.807) is 32.0 Å². The minimum Gasteiger partial charge on any atom is -0.459 e. The number of benzene rings is 2. The highest BCUT2D eigenvalue weighted by atomic mass is 79.9. The lowest BCUT2D eigenvalue weighted by molar-refractivity contribution is 0.101. The first-order valence-electron chi connectivity index (χ1n) is 8.35. The van der Waals surface area contributed by atoms with Crippen LogP contribution >= 0.6 is 15.9 Å². The van der Waals surface area contributed by atoms with E-state index < -0.39 is 10.0 Å². The molecule has 0 fully saturated rings. The second-order valence-electron chi connectivity index (χ2n) is 6.73. The first kappa shape index (κ1) is 19.6. The molecule has 27 heavy (non-hydrogen) atoms. The Kier molecular flexibility index (Phi) is 4.94. The first-order chi connectivity index (χ1) is 12.5. The Morgan fingerprint density at radius 2 is 1.63 bits per heavy atom. The van der Waals surface area contributed by atoms with Crippen LogP contribution in [0.1, 0.15) is 39.7 Å². The van der Waals surface area contributed by atoms with Crippen molar-refractivity contribution in [3.05, 3.63) is 56.8 Å². The van der Waals surface area contributed by atoms with Crippen LogP contribution in [-0.4, -0.2) is 14.2 Å². The predicted octanol–water partition coefficient (Wildman–Crippen LogP) is 5.43. The summed E-state index contributed by atoms with van der Waals surface area (Å²) in [5.74, 6) is 0.367. The number of fused-ring (bicyclic) bond motifs is 1. The fourth-order valence-corrected chi connectivity index (χ4v) is 5.10. The van der Waals surface area contributed by atoms with E-state index in [4.69, 9.17) is 4.42 Å². The number of halogens is 1. The molecule has 142 valence electrons. The van der Waals surface area contributed by atoms with E-state index >= 15 is 0 Å². The summed E-state index contributed by atoms with van der Waals surface area (Å²) < 4.78 is 34.7. The Hall–Kier alpha value is -2.12. The lowest BCUT2D eigenvalue weighted by Crippen LogP contribution is -2.15. The van der Waals surface area contributed by atoms with Gasteiger partial charge in [-0.3, -0.25) is 9.52 Å². The average Bonchev–Trinajstić information content (AvgIpc) is 2.87. The number of carbonyl (C=O) groups excluding carboxylic acids is 1. The van der Waals surface area contributed by atoms with Crippen molar-refractivity contribution >= 4 is 48.4 Å². The summed E-state index contributed by atoms with van der Waals surface area (Å²) in [4.78, 5) is 12.2. The Bertz CT molecular complexity index is 1190. The van der Waals surface area contributed by atoms with Crippen LogP contribution in [-0.2, 0) is 10.0 Å². The standard InChI is InChI=1S/C20H20BrNO4S/c1-10-6-12(3)18(7-11(10)2)27(24,25)22-15-8-16-19(13(4)23)14(5)26-20(16)17(21)9-15/h6-9,22H,1-5H3. The number of rotatable bonds is 4. The zero-order valence-corrected chi connectivity index (χ0v) is 18.1. The quantitative estimate of drug-likeness (QED) is 0.538. The molecule has 0 atom stereocenters. The van der Waals surface area contributed by atoms with E-state index in [0.717, 1.165) is 11.1 Å². The Labute approximate surface area is 166 Å². The number of sulfonamides is 1. The minimum atomic E-state index is -3.78. The molecule has 0 aliphatic carbocycles. The summed E-state index contributed by atoms with van der Waals surface area (Å²) in [6, 6.07) is 6.78. The van der Waals surface area contributed by atoms with Gasteiger partial charge in [0.1, 0.15) is 11.3 Å². The third-order valence-corrected chi connectivity index (χ3v) is 6.72. The molecule has 0 radical (unpaired) electrons. The van der Waals surface area contributed by atoms with Gasteiger partial charge in [0.15, 0.2) is 5.78 Å². The van der Waals surface area contributed by atoms with E-state index in [1.165, 1.54) is 6.92 Å². The fourth-order valence-electron chi connectivity index (χ4n) is 3.21. The van der Waals surface area contributed by atoms with Crippen LogP contribution in [0.25, 0.3) is 11.0 Å². The summed E-state index contributed by atoms with van der Waals surface area (Å²) >= 11 is 3.40. The van der Waals surface area contributed by atoms with Crippen molar-refractivity contribution in [1.82, 2.24) is 0 Å². The second kappa shape index (κ2) is 6.80. The van der Waals surface area contributed by atoms with Gasteiger partial charge in [0, 0.05) is 5.39 Å². The fraction of sp³-hybridized carbons (Fsp3) is 0.250. The number of hydrogen-bond donors (Lipinski definition) is 1. The molecule has 2 aromatic carbocycles. The molecule has 5 nitrogen and oxygen atoms in total. The summed E-state index contributed by atoms with van der Waals surface area (Å²) in [6.07, 6.45) is 0. The minimum absolute atomic E-state index is 0.136. The molecule has 0 aliphatic rings. The monoisotopic (exact) mass is 449 g/mol.